The van der Waals surface area contributed by atoms with Crippen LogP contribution in [0.2, 0.25) is 0 Å². The molecular formula is C13H19F2NO. The van der Waals surface area contributed by atoms with Crippen LogP contribution in [0.4, 0.5) is 8.78 Å². The van der Waals surface area contributed by atoms with Crippen molar-refractivity contribution in [3.63, 3.8) is 0 Å². The van der Waals surface area contributed by atoms with E-state index in [1.165, 1.54) is 19.2 Å². The molecule has 2 unspecified atom stereocenters. The van der Waals surface area contributed by atoms with Crippen LogP contribution in [0.5, 0.6) is 5.75 Å². The van der Waals surface area contributed by atoms with E-state index in [4.69, 9.17) is 4.74 Å². The number of methoxy groups -OCH3 is 1. The number of benzene rings is 1. The predicted molar refractivity (Wildman–Crippen MR) is 64.2 cm³/mol. The Balaban J connectivity index is 3.20. The van der Waals surface area contributed by atoms with E-state index in [0.29, 0.717) is 0 Å². The highest BCUT2D eigenvalue weighted by atomic mass is 19.1. The number of hydrogen-bond acceptors (Lipinski definition) is 2. The zero-order chi connectivity index (χ0) is 13.0. The molecule has 1 aromatic carbocycles. The lowest BCUT2D eigenvalue weighted by atomic mass is 9.92. The van der Waals surface area contributed by atoms with Crippen molar-refractivity contribution in [1.29, 1.82) is 0 Å². The van der Waals surface area contributed by atoms with Crippen molar-refractivity contribution in [3.05, 3.63) is 29.3 Å². The lowest BCUT2D eigenvalue weighted by molar-refractivity contribution is 0.364. The Morgan fingerprint density at radius 1 is 1.29 bits per heavy atom. The average Bonchev–Trinajstić information content (AvgIpc) is 2.32. The quantitative estimate of drug-likeness (QED) is 0.857. The molecule has 0 aliphatic heterocycles. The molecule has 0 heterocycles. The molecule has 0 radical (unpaired) electrons. The fourth-order valence-electron chi connectivity index (χ4n) is 1.93. The van der Waals surface area contributed by atoms with Gasteiger partial charge in [0, 0.05) is 23.7 Å². The van der Waals surface area contributed by atoms with Gasteiger partial charge in [0.1, 0.15) is 17.4 Å². The van der Waals surface area contributed by atoms with E-state index in [9.17, 15) is 8.78 Å². The normalized spacial score (nSPS) is 14.5. The fraction of sp³-hybridized carbons (Fsp3) is 0.538. The molecule has 1 rings (SSSR count). The van der Waals surface area contributed by atoms with Gasteiger partial charge in [0.25, 0.3) is 0 Å². The highest BCUT2D eigenvalue weighted by molar-refractivity contribution is 5.32. The Bertz CT molecular complexity index is 359. The average molecular weight is 243 g/mol. The summed E-state index contributed by atoms with van der Waals surface area (Å²) in [7, 11) is 3.10. The van der Waals surface area contributed by atoms with Gasteiger partial charge in [-0.2, -0.15) is 0 Å². The predicted octanol–water partition coefficient (Wildman–Crippen LogP) is 3.28. The summed E-state index contributed by atoms with van der Waals surface area (Å²) < 4.78 is 32.6. The van der Waals surface area contributed by atoms with Crippen LogP contribution in [0.3, 0.4) is 0 Å². The maximum atomic E-state index is 13.9. The van der Waals surface area contributed by atoms with Gasteiger partial charge >= 0.3 is 0 Å². The van der Waals surface area contributed by atoms with Gasteiger partial charge in [0.05, 0.1) is 7.11 Å². The number of rotatable bonds is 5. The minimum absolute atomic E-state index is 0.0858. The van der Waals surface area contributed by atoms with Crippen LogP contribution >= 0.6 is 0 Å². The van der Waals surface area contributed by atoms with Crippen molar-refractivity contribution in [2.45, 2.75) is 26.3 Å². The van der Waals surface area contributed by atoms with Crippen LogP contribution in [0.1, 0.15) is 31.9 Å². The molecule has 0 saturated heterocycles. The Labute approximate surface area is 101 Å². The zero-order valence-electron chi connectivity index (χ0n) is 10.7. The molecule has 0 bridgehead atoms. The summed E-state index contributed by atoms with van der Waals surface area (Å²) >= 11 is 0. The molecular weight excluding hydrogens is 224 g/mol. The third kappa shape index (κ3) is 2.94. The number of nitrogens with one attached hydrogen (secondary N) is 1. The summed E-state index contributed by atoms with van der Waals surface area (Å²) in [6, 6.07) is 2.10. The summed E-state index contributed by atoms with van der Waals surface area (Å²) in [5.74, 6) is -0.789. The van der Waals surface area contributed by atoms with E-state index >= 15 is 0 Å². The van der Waals surface area contributed by atoms with E-state index in [0.717, 1.165) is 6.42 Å². The first kappa shape index (κ1) is 13.9. The summed E-state index contributed by atoms with van der Waals surface area (Å²) in [6.45, 7) is 3.96. The summed E-state index contributed by atoms with van der Waals surface area (Å²) in [5.41, 5.74) is 0.0858. The first-order valence-corrected chi connectivity index (χ1v) is 5.75. The van der Waals surface area contributed by atoms with Crippen molar-refractivity contribution in [1.82, 2.24) is 5.32 Å². The first-order chi connectivity index (χ1) is 8.04. The van der Waals surface area contributed by atoms with Crippen LogP contribution in [-0.4, -0.2) is 14.2 Å². The molecule has 0 fully saturated rings. The lowest BCUT2D eigenvalue weighted by Gasteiger charge is -2.24. The van der Waals surface area contributed by atoms with Crippen molar-refractivity contribution < 1.29 is 13.5 Å². The molecule has 4 heteroatoms. The standard InChI is InChI=1S/C13H19F2NO/c1-5-8(2)13(16-3)12-10(14)6-9(17-4)7-11(12)15/h6-8,13,16H,5H2,1-4H3. The van der Waals surface area contributed by atoms with Gasteiger partial charge in [-0.3, -0.25) is 0 Å². The van der Waals surface area contributed by atoms with E-state index in [2.05, 4.69) is 5.32 Å². The second-order valence-corrected chi connectivity index (χ2v) is 4.16. The smallest absolute Gasteiger partial charge is 0.134 e. The highest BCUT2D eigenvalue weighted by Crippen LogP contribution is 2.30. The van der Waals surface area contributed by atoms with Crippen molar-refractivity contribution in [3.8, 4) is 5.75 Å². The van der Waals surface area contributed by atoms with E-state index in [1.54, 1.807) is 7.05 Å². The van der Waals surface area contributed by atoms with E-state index in [-0.39, 0.29) is 23.3 Å². The van der Waals surface area contributed by atoms with Crippen molar-refractivity contribution >= 4 is 0 Å². The maximum Gasteiger partial charge on any atom is 0.134 e. The molecule has 1 aromatic rings. The molecule has 96 valence electrons. The number of hydrogen-bond donors (Lipinski definition) is 1. The molecule has 0 aromatic heterocycles. The van der Waals surface area contributed by atoms with Crippen LogP contribution in [0.15, 0.2) is 12.1 Å². The van der Waals surface area contributed by atoms with Gasteiger partial charge in [0.15, 0.2) is 0 Å². The largest absolute Gasteiger partial charge is 0.497 e. The second-order valence-electron chi connectivity index (χ2n) is 4.16. The molecule has 0 amide bonds. The van der Waals surface area contributed by atoms with Crippen LogP contribution in [-0.2, 0) is 0 Å². The zero-order valence-corrected chi connectivity index (χ0v) is 10.7. The van der Waals surface area contributed by atoms with Gasteiger partial charge < -0.3 is 10.1 Å². The fourth-order valence-corrected chi connectivity index (χ4v) is 1.93. The summed E-state index contributed by atoms with van der Waals surface area (Å²) in [6.07, 6.45) is 0.844. The third-order valence-corrected chi connectivity index (χ3v) is 3.12. The van der Waals surface area contributed by atoms with Gasteiger partial charge in [-0.1, -0.05) is 20.3 Å². The second kappa shape index (κ2) is 5.96. The minimum Gasteiger partial charge on any atom is -0.497 e. The first-order valence-electron chi connectivity index (χ1n) is 5.75. The molecule has 1 N–H and O–H groups in total. The Kier molecular flexibility index (Phi) is 4.87. The van der Waals surface area contributed by atoms with E-state index in [1.807, 2.05) is 13.8 Å². The molecule has 2 nitrogen and oxygen atoms in total. The molecule has 17 heavy (non-hydrogen) atoms. The molecule has 2 atom stereocenters. The Morgan fingerprint density at radius 2 is 1.82 bits per heavy atom. The molecule has 0 aliphatic carbocycles. The SMILES string of the molecule is CCC(C)C(NC)c1c(F)cc(OC)cc1F. The van der Waals surface area contributed by atoms with Gasteiger partial charge in [-0.25, -0.2) is 8.78 Å². The van der Waals surface area contributed by atoms with E-state index < -0.39 is 11.6 Å². The van der Waals surface area contributed by atoms with Crippen molar-refractivity contribution in [2.24, 2.45) is 5.92 Å². The van der Waals surface area contributed by atoms with Gasteiger partial charge in [0.2, 0.25) is 0 Å². The lowest BCUT2D eigenvalue weighted by Crippen LogP contribution is -2.25. The van der Waals surface area contributed by atoms with Gasteiger partial charge in [-0.05, 0) is 13.0 Å². The Morgan fingerprint density at radius 3 is 2.18 bits per heavy atom. The maximum absolute atomic E-state index is 13.9. The topological polar surface area (TPSA) is 21.3 Å². The highest BCUT2D eigenvalue weighted by Gasteiger charge is 2.24. The van der Waals surface area contributed by atoms with Crippen LogP contribution < -0.4 is 10.1 Å². The molecule has 0 spiro atoms. The summed E-state index contributed by atoms with van der Waals surface area (Å²) in [4.78, 5) is 0. The van der Waals surface area contributed by atoms with Crippen molar-refractivity contribution in [2.75, 3.05) is 14.2 Å². The van der Waals surface area contributed by atoms with Crippen LogP contribution in [0, 0.1) is 17.6 Å². The van der Waals surface area contributed by atoms with Crippen LogP contribution in [0.25, 0.3) is 0 Å². The number of ether oxygens (including phenoxy) is 1. The Hall–Kier alpha value is -1.16. The summed E-state index contributed by atoms with van der Waals surface area (Å²) in [5, 5.41) is 2.97. The monoisotopic (exact) mass is 243 g/mol. The number of halogens is 2. The minimum atomic E-state index is -0.568. The molecule has 0 saturated carbocycles. The third-order valence-electron chi connectivity index (χ3n) is 3.12. The van der Waals surface area contributed by atoms with Gasteiger partial charge in [-0.15, -0.1) is 0 Å². The molecule has 0 aliphatic rings.